The molecule has 1 N–H and O–H groups in total. The molecule has 0 aliphatic rings. The van der Waals surface area contributed by atoms with Crippen LogP contribution in [0.15, 0.2) is 49.0 Å². The largest absolute Gasteiger partial charge is 0.496 e. The topological polar surface area (TPSA) is 73.3 Å². The fourth-order valence-corrected chi connectivity index (χ4v) is 3.63. The number of alkyl carbamates (subject to hydrolysis) is 1. The van der Waals surface area contributed by atoms with E-state index >= 15 is 0 Å². The molecular weight excluding hydrogens is 402 g/mol. The predicted molar refractivity (Wildman–Crippen MR) is 128 cm³/mol. The van der Waals surface area contributed by atoms with Crippen molar-refractivity contribution in [3.05, 3.63) is 71.7 Å². The summed E-state index contributed by atoms with van der Waals surface area (Å²) in [6, 6.07) is 13.1. The first-order valence-corrected chi connectivity index (χ1v) is 10.9. The first kappa shape index (κ1) is 23.3. The van der Waals surface area contributed by atoms with E-state index in [1.165, 1.54) is 0 Å². The van der Waals surface area contributed by atoms with E-state index in [1.54, 1.807) is 13.2 Å². The van der Waals surface area contributed by atoms with Crippen molar-refractivity contribution in [3.63, 3.8) is 0 Å². The third-order valence-electron chi connectivity index (χ3n) is 5.22. The third kappa shape index (κ3) is 5.63. The molecule has 1 aromatic heterocycles. The molecule has 3 aromatic rings. The molecule has 1 atom stereocenters. The number of ether oxygens (including phenoxy) is 2. The van der Waals surface area contributed by atoms with E-state index in [2.05, 4.69) is 32.7 Å². The molecule has 6 heteroatoms. The summed E-state index contributed by atoms with van der Waals surface area (Å²) in [5.41, 5.74) is 3.53. The average molecular weight is 434 g/mol. The summed E-state index contributed by atoms with van der Waals surface area (Å²) in [6.45, 7) is 10.3. The van der Waals surface area contributed by atoms with Crippen molar-refractivity contribution in [2.75, 3.05) is 7.11 Å². The van der Waals surface area contributed by atoms with Crippen LogP contribution >= 0.6 is 0 Å². The molecule has 0 saturated carbocycles. The van der Waals surface area contributed by atoms with Gasteiger partial charge in [0.15, 0.2) is 5.82 Å². The second-order valence-corrected chi connectivity index (χ2v) is 8.09. The summed E-state index contributed by atoms with van der Waals surface area (Å²) in [4.78, 5) is 22.2. The van der Waals surface area contributed by atoms with Gasteiger partial charge in [-0.15, -0.1) is 0 Å². The lowest BCUT2D eigenvalue weighted by molar-refractivity contribution is 0.133. The number of aryl methyl sites for hydroxylation is 1. The first-order valence-electron chi connectivity index (χ1n) is 10.9. The normalized spacial score (nSPS) is 11.9. The molecule has 0 spiro atoms. The van der Waals surface area contributed by atoms with E-state index in [-0.39, 0.29) is 12.6 Å². The van der Waals surface area contributed by atoms with Gasteiger partial charge in [-0.3, -0.25) is 0 Å². The zero-order valence-corrected chi connectivity index (χ0v) is 19.2. The number of aromatic nitrogens is 2. The standard InChI is InChI=1S/C26H31N3O3/c1-6-19-14-20-21(7-2)27-25(28-22(20)15-24(19)31-5)23(13-17(3)4)29-26(30)32-16-18-11-9-8-10-12-18/h6,8-12,14-15,17,23H,1,7,13,16H2,2-5H3,(H,29,30). The maximum atomic E-state index is 12.6. The van der Waals surface area contributed by atoms with Gasteiger partial charge < -0.3 is 14.8 Å². The van der Waals surface area contributed by atoms with Crippen molar-refractivity contribution in [2.24, 2.45) is 5.92 Å². The van der Waals surface area contributed by atoms with Gasteiger partial charge in [0.25, 0.3) is 0 Å². The summed E-state index contributed by atoms with van der Waals surface area (Å²) in [5, 5.41) is 3.93. The molecule has 32 heavy (non-hydrogen) atoms. The minimum Gasteiger partial charge on any atom is -0.496 e. The Kier molecular flexibility index (Phi) is 7.82. The number of fused-ring (bicyclic) bond motifs is 1. The molecule has 6 nitrogen and oxygen atoms in total. The van der Waals surface area contributed by atoms with Gasteiger partial charge in [-0.25, -0.2) is 14.8 Å². The highest BCUT2D eigenvalue weighted by atomic mass is 16.5. The summed E-state index contributed by atoms with van der Waals surface area (Å²) < 4.78 is 10.9. The molecule has 0 aliphatic carbocycles. The van der Waals surface area contributed by atoms with Gasteiger partial charge in [-0.1, -0.05) is 63.8 Å². The maximum Gasteiger partial charge on any atom is 0.408 e. The molecule has 0 aliphatic heterocycles. The number of carbonyl (C=O) groups excluding carboxylic acids is 1. The molecule has 2 aromatic carbocycles. The quantitative estimate of drug-likeness (QED) is 0.458. The zero-order valence-electron chi connectivity index (χ0n) is 19.2. The first-order chi connectivity index (χ1) is 15.4. The van der Waals surface area contributed by atoms with Crippen molar-refractivity contribution in [1.29, 1.82) is 0 Å². The zero-order chi connectivity index (χ0) is 23.1. The Morgan fingerprint density at radius 2 is 1.94 bits per heavy atom. The van der Waals surface area contributed by atoms with Crippen molar-refractivity contribution in [1.82, 2.24) is 15.3 Å². The second-order valence-electron chi connectivity index (χ2n) is 8.09. The van der Waals surface area contributed by atoms with Crippen LogP contribution in [0.5, 0.6) is 5.75 Å². The van der Waals surface area contributed by atoms with Gasteiger partial charge in [0, 0.05) is 17.0 Å². The van der Waals surface area contributed by atoms with Gasteiger partial charge in [-0.05, 0) is 30.4 Å². The number of amides is 1. The van der Waals surface area contributed by atoms with Crippen LogP contribution in [-0.2, 0) is 17.8 Å². The summed E-state index contributed by atoms with van der Waals surface area (Å²) in [7, 11) is 1.63. The highest BCUT2D eigenvalue weighted by Gasteiger charge is 2.22. The molecule has 168 valence electrons. The average Bonchev–Trinajstić information content (AvgIpc) is 2.80. The van der Waals surface area contributed by atoms with E-state index in [0.717, 1.165) is 34.1 Å². The lowest BCUT2D eigenvalue weighted by Crippen LogP contribution is -2.31. The SMILES string of the molecule is C=Cc1cc2c(CC)nc(C(CC(C)C)NC(=O)OCc3ccccc3)nc2cc1OC. The Balaban J connectivity index is 1.91. The number of hydrogen-bond acceptors (Lipinski definition) is 5. The van der Waals surface area contributed by atoms with Gasteiger partial charge in [0.05, 0.1) is 24.4 Å². The summed E-state index contributed by atoms with van der Waals surface area (Å²) in [6.07, 6.45) is 2.71. The van der Waals surface area contributed by atoms with Gasteiger partial charge in [0.1, 0.15) is 12.4 Å². The van der Waals surface area contributed by atoms with Crippen LogP contribution in [0.2, 0.25) is 0 Å². The Morgan fingerprint density at radius 1 is 1.19 bits per heavy atom. The number of nitrogens with one attached hydrogen (secondary N) is 1. The van der Waals surface area contributed by atoms with Crippen LogP contribution in [0.1, 0.15) is 55.9 Å². The number of hydrogen-bond donors (Lipinski definition) is 1. The van der Waals surface area contributed by atoms with Gasteiger partial charge >= 0.3 is 6.09 Å². The van der Waals surface area contributed by atoms with Crippen molar-refractivity contribution in [3.8, 4) is 5.75 Å². The number of rotatable bonds is 9. The van der Waals surface area contributed by atoms with Gasteiger partial charge in [-0.2, -0.15) is 0 Å². The molecule has 0 saturated heterocycles. The summed E-state index contributed by atoms with van der Waals surface area (Å²) in [5.74, 6) is 1.61. The Morgan fingerprint density at radius 3 is 2.56 bits per heavy atom. The van der Waals surface area contributed by atoms with Crippen molar-refractivity contribution < 1.29 is 14.3 Å². The molecule has 0 fully saturated rings. The van der Waals surface area contributed by atoms with Crippen molar-refractivity contribution in [2.45, 2.75) is 46.3 Å². The lowest BCUT2D eigenvalue weighted by Gasteiger charge is -2.21. The molecule has 3 rings (SSSR count). The van der Waals surface area contributed by atoms with Gasteiger partial charge in [0.2, 0.25) is 0 Å². The van der Waals surface area contributed by atoms with E-state index in [9.17, 15) is 4.79 Å². The van der Waals surface area contributed by atoms with Crippen LogP contribution in [0.25, 0.3) is 17.0 Å². The Labute approximate surface area is 189 Å². The fraction of sp³-hybridized carbons (Fsp3) is 0.346. The van der Waals surface area contributed by atoms with Crippen LogP contribution in [0, 0.1) is 5.92 Å². The lowest BCUT2D eigenvalue weighted by atomic mass is 10.0. The van der Waals surface area contributed by atoms with Crippen LogP contribution in [0.4, 0.5) is 4.79 Å². The molecular formula is C26H31N3O3. The smallest absolute Gasteiger partial charge is 0.408 e. The predicted octanol–water partition coefficient (Wildman–Crippen LogP) is 5.86. The summed E-state index contributed by atoms with van der Waals surface area (Å²) >= 11 is 0. The highest BCUT2D eigenvalue weighted by molar-refractivity contribution is 5.86. The number of methoxy groups -OCH3 is 1. The van der Waals surface area contributed by atoms with Crippen LogP contribution < -0.4 is 10.1 Å². The number of carbonyl (C=O) groups is 1. The third-order valence-corrected chi connectivity index (χ3v) is 5.22. The molecule has 1 amide bonds. The van der Waals surface area contributed by atoms with E-state index in [4.69, 9.17) is 19.4 Å². The Hall–Kier alpha value is -3.41. The molecule has 1 unspecified atom stereocenters. The highest BCUT2D eigenvalue weighted by Crippen LogP contribution is 2.29. The minimum absolute atomic E-state index is 0.210. The van der Waals surface area contributed by atoms with E-state index in [0.29, 0.717) is 23.9 Å². The van der Waals surface area contributed by atoms with Crippen molar-refractivity contribution >= 4 is 23.1 Å². The van der Waals surface area contributed by atoms with E-state index < -0.39 is 6.09 Å². The Bertz CT molecular complexity index is 1080. The molecule has 0 bridgehead atoms. The fourth-order valence-electron chi connectivity index (χ4n) is 3.63. The van der Waals surface area contributed by atoms with E-state index in [1.807, 2.05) is 42.5 Å². The van der Waals surface area contributed by atoms with Crippen LogP contribution in [-0.4, -0.2) is 23.2 Å². The van der Waals surface area contributed by atoms with Crippen LogP contribution in [0.3, 0.4) is 0 Å². The number of benzene rings is 2. The monoisotopic (exact) mass is 433 g/mol. The maximum absolute atomic E-state index is 12.6. The number of nitrogens with zero attached hydrogens (tertiary/aromatic N) is 2. The second kappa shape index (κ2) is 10.8. The molecule has 1 heterocycles. The minimum atomic E-state index is -0.485. The molecule has 0 radical (unpaired) electrons.